The lowest BCUT2D eigenvalue weighted by molar-refractivity contribution is 1.06. The molecule has 2 aromatic heterocycles. The Morgan fingerprint density at radius 2 is 1.89 bits per heavy atom. The summed E-state index contributed by atoms with van der Waals surface area (Å²) in [5, 5.41) is 4.53. The molecule has 1 N–H and O–H groups in total. The summed E-state index contributed by atoms with van der Waals surface area (Å²) >= 11 is 1.71. The van der Waals surface area contributed by atoms with Crippen LogP contribution in [0.3, 0.4) is 0 Å². The molecule has 0 atom stereocenters. The Morgan fingerprint density at radius 1 is 1.11 bits per heavy atom. The molecule has 0 amide bonds. The van der Waals surface area contributed by atoms with E-state index in [-0.39, 0.29) is 0 Å². The largest absolute Gasteiger partial charge is 0.365 e. The van der Waals surface area contributed by atoms with Gasteiger partial charge in [0.15, 0.2) is 0 Å². The van der Waals surface area contributed by atoms with Gasteiger partial charge in [-0.05, 0) is 25.5 Å². The fourth-order valence-corrected chi connectivity index (χ4v) is 2.99. The van der Waals surface area contributed by atoms with Crippen LogP contribution in [0.1, 0.15) is 16.3 Å². The third-order valence-electron chi connectivity index (χ3n) is 2.93. The molecule has 0 aliphatic rings. The maximum atomic E-state index is 4.51. The average molecular weight is 269 g/mol. The van der Waals surface area contributed by atoms with E-state index in [9.17, 15) is 0 Å². The van der Waals surface area contributed by atoms with E-state index in [0.717, 1.165) is 28.4 Å². The first-order chi connectivity index (χ1) is 9.22. The van der Waals surface area contributed by atoms with E-state index in [4.69, 9.17) is 0 Å². The van der Waals surface area contributed by atoms with Gasteiger partial charge in [-0.15, -0.1) is 11.3 Å². The lowest BCUT2D eigenvalue weighted by Gasteiger charge is -2.07. The Labute approximate surface area is 116 Å². The summed E-state index contributed by atoms with van der Waals surface area (Å²) in [7, 11) is 0. The predicted octanol–water partition coefficient (Wildman–Crippen LogP) is 3.92. The molecule has 0 fully saturated rings. The van der Waals surface area contributed by atoms with E-state index in [0.29, 0.717) is 0 Å². The van der Waals surface area contributed by atoms with Crippen molar-refractivity contribution < 1.29 is 0 Å². The van der Waals surface area contributed by atoms with Crippen LogP contribution < -0.4 is 5.32 Å². The SMILES string of the molecule is Cc1nc(NCc2ccccc2)c2cc(C)sc2n1. The molecule has 3 aromatic rings. The number of nitrogens with one attached hydrogen (secondary N) is 1. The quantitative estimate of drug-likeness (QED) is 0.783. The molecule has 0 aliphatic heterocycles. The second-order valence-electron chi connectivity index (χ2n) is 4.53. The molecule has 0 radical (unpaired) electrons. The summed E-state index contributed by atoms with van der Waals surface area (Å²) in [6.45, 7) is 4.81. The van der Waals surface area contributed by atoms with Crippen molar-refractivity contribution in [1.29, 1.82) is 0 Å². The third kappa shape index (κ3) is 2.58. The lowest BCUT2D eigenvalue weighted by atomic mass is 10.2. The first-order valence-corrected chi connectivity index (χ1v) is 7.06. The molecule has 3 nitrogen and oxygen atoms in total. The fraction of sp³-hybridized carbons (Fsp3) is 0.200. The molecule has 0 spiro atoms. The number of rotatable bonds is 3. The molecule has 1 aromatic carbocycles. The Kier molecular flexibility index (Phi) is 3.17. The zero-order valence-electron chi connectivity index (χ0n) is 11.0. The van der Waals surface area contributed by atoms with Crippen molar-refractivity contribution in [2.24, 2.45) is 0 Å². The number of hydrogen-bond acceptors (Lipinski definition) is 4. The van der Waals surface area contributed by atoms with E-state index in [2.05, 4.69) is 40.4 Å². The van der Waals surface area contributed by atoms with Gasteiger partial charge in [-0.3, -0.25) is 0 Å². The molecular weight excluding hydrogens is 254 g/mol. The van der Waals surface area contributed by atoms with Gasteiger partial charge < -0.3 is 5.32 Å². The van der Waals surface area contributed by atoms with Gasteiger partial charge >= 0.3 is 0 Å². The first-order valence-electron chi connectivity index (χ1n) is 6.25. The second kappa shape index (κ2) is 4.97. The van der Waals surface area contributed by atoms with Crippen LogP contribution in [0.4, 0.5) is 5.82 Å². The van der Waals surface area contributed by atoms with Gasteiger partial charge in [0.25, 0.3) is 0 Å². The Bertz CT molecular complexity index is 704. The molecule has 0 saturated heterocycles. The Balaban J connectivity index is 1.92. The molecule has 0 unspecified atom stereocenters. The van der Waals surface area contributed by atoms with Crippen LogP contribution in [-0.2, 0) is 6.54 Å². The highest BCUT2D eigenvalue weighted by Crippen LogP contribution is 2.28. The van der Waals surface area contributed by atoms with E-state index < -0.39 is 0 Å². The molecule has 0 saturated carbocycles. The number of benzene rings is 1. The Morgan fingerprint density at radius 3 is 2.68 bits per heavy atom. The van der Waals surface area contributed by atoms with Crippen molar-refractivity contribution in [3.05, 3.63) is 52.7 Å². The monoisotopic (exact) mass is 269 g/mol. The predicted molar refractivity (Wildman–Crippen MR) is 80.7 cm³/mol. The standard InChI is InChI=1S/C15H15N3S/c1-10-8-13-14(17-11(2)18-15(13)19-10)16-9-12-6-4-3-5-7-12/h3-8H,9H2,1-2H3,(H,16,17,18). The molecule has 3 rings (SSSR count). The molecule has 0 aliphatic carbocycles. The summed E-state index contributed by atoms with van der Waals surface area (Å²) < 4.78 is 0. The number of nitrogens with zero attached hydrogens (tertiary/aromatic N) is 2. The van der Waals surface area contributed by atoms with Crippen molar-refractivity contribution >= 4 is 27.4 Å². The zero-order chi connectivity index (χ0) is 13.2. The highest BCUT2D eigenvalue weighted by atomic mass is 32.1. The van der Waals surface area contributed by atoms with Gasteiger partial charge in [0.05, 0.1) is 5.39 Å². The maximum Gasteiger partial charge on any atom is 0.138 e. The minimum absolute atomic E-state index is 0.779. The van der Waals surface area contributed by atoms with Gasteiger partial charge in [0.2, 0.25) is 0 Å². The van der Waals surface area contributed by atoms with Crippen molar-refractivity contribution in [2.75, 3.05) is 5.32 Å². The second-order valence-corrected chi connectivity index (χ2v) is 5.77. The molecule has 19 heavy (non-hydrogen) atoms. The summed E-state index contributed by atoms with van der Waals surface area (Å²) in [6.07, 6.45) is 0. The van der Waals surface area contributed by atoms with E-state index >= 15 is 0 Å². The van der Waals surface area contributed by atoms with Crippen LogP contribution in [0.2, 0.25) is 0 Å². The molecule has 96 valence electrons. The first kappa shape index (κ1) is 12.1. The highest BCUT2D eigenvalue weighted by Gasteiger charge is 2.08. The Hall–Kier alpha value is -1.94. The van der Waals surface area contributed by atoms with Crippen LogP contribution >= 0.6 is 11.3 Å². The van der Waals surface area contributed by atoms with Crippen LogP contribution in [0.15, 0.2) is 36.4 Å². The zero-order valence-corrected chi connectivity index (χ0v) is 11.8. The van der Waals surface area contributed by atoms with Gasteiger partial charge in [-0.2, -0.15) is 0 Å². The molecular formula is C15H15N3S. The number of anilines is 1. The fourth-order valence-electron chi connectivity index (χ4n) is 2.07. The van der Waals surface area contributed by atoms with Gasteiger partial charge in [0.1, 0.15) is 16.5 Å². The molecule has 2 heterocycles. The summed E-state index contributed by atoms with van der Waals surface area (Å²) in [5.41, 5.74) is 1.25. The van der Waals surface area contributed by atoms with Gasteiger partial charge in [-0.25, -0.2) is 9.97 Å². The molecule has 4 heteroatoms. The minimum Gasteiger partial charge on any atom is -0.365 e. The van der Waals surface area contributed by atoms with E-state index in [1.807, 2.05) is 25.1 Å². The number of fused-ring (bicyclic) bond motifs is 1. The third-order valence-corrected chi connectivity index (χ3v) is 3.87. The van der Waals surface area contributed by atoms with E-state index in [1.54, 1.807) is 11.3 Å². The van der Waals surface area contributed by atoms with Crippen molar-refractivity contribution in [1.82, 2.24) is 9.97 Å². The minimum atomic E-state index is 0.779. The van der Waals surface area contributed by atoms with Crippen LogP contribution in [0.5, 0.6) is 0 Å². The highest BCUT2D eigenvalue weighted by molar-refractivity contribution is 7.18. The van der Waals surface area contributed by atoms with Crippen molar-refractivity contribution in [3.63, 3.8) is 0 Å². The van der Waals surface area contributed by atoms with Crippen LogP contribution in [0, 0.1) is 13.8 Å². The normalized spacial score (nSPS) is 10.8. The van der Waals surface area contributed by atoms with Crippen molar-refractivity contribution in [3.8, 4) is 0 Å². The number of aromatic nitrogens is 2. The van der Waals surface area contributed by atoms with Crippen LogP contribution in [-0.4, -0.2) is 9.97 Å². The number of aryl methyl sites for hydroxylation is 2. The summed E-state index contributed by atoms with van der Waals surface area (Å²) in [4.78, 5) is 11.3. The summed E-state index contributed by atoms with van der Waals surface area (Å²) in [5.74, 6) is 1.74. The van der Waals surface area contributed by atoms with Crippen molar-refractivity contribution in [2.45, 2.75) is 20.4 Å². The maximum absolute atomic E-state index is 4.51. The topological polar surface area (TPSA) is 37.8 Å². The number of thiophene rings is 1. The average Bonchev–Trinajstić information content (AvgIpc) is 2.77. The lowest BCUT2D eigenvalue weighted by Crippen LogP contribution is -2.03. The summed E-state index contributed by atoms with van der Waals surface area (Å²) in [6, 6.07) is 12.5. The number of hydrogen-bond donors (Lipinski definition) is 1. The van der Waals surface area contributed by atoms with Gasteiger partial charge in [0, 0.05) is 11.4 Å². The van der Waals surface area contributed by atoms with Crippen LogP contribution in [0.25, 0.3) is 10.2 Å². The van der Waals surface area contributed by atoms with Gasteiger partial charge in [-0.1, -0.05) is 30.3 Å². The van der Waals surface area contributed by atoms with E-state index in [1.165, 1.54) is 10.4 Å². The molecule has 0 bridgehead atoms. The smallest absolute Gasteiger partial charge is 0.138 e.